The van der Waals surface area contributed by atoms with Crippen LogP contribution < -0.4 is 0 Å². The number of hydrogen-bond acceptors (Lipinski definition) is 11. The summed E-state index contributed by atoms with van der Waals surface area (Å²) < 4.78 is 24.1. The van der Waals surface area contributed by atoms with Gasteiger partial charge in [0.2, 0.25) is 0 Å². The Morgan fingerprint density at radius 2 is 0.784 bits per heavy atom. The van der Waals surface area contributed by atoms with Gasteiger partial charge < -0.3 is 28.8 Å². The molecule has 37 heavy (non-hydrogen) atoms. The fourth-order valence-corrected chi connectivity index (χ4v) is 2.13. The van der Waals surface area contributed by atoms with Gasteiger partial charge in [0.25, 0.3) is 0 Å². The topological polar surface area (TPSA) is 152 Å². The maximum atomic E-state index is 11.1. The van der Waals surface area contributed by atoms with Crippen molar-refractivity contribution < 1.29 is 52.8 Å². The number of aliphatic hydroxyl groups is 1. The fourth-order valence-electron chi connectivity index (χ4n) is 2.13. The van der Waals surface area contributed by atoms with E-state index in [0.29, 0.717) is 13.2 Å². The van der Waals surface area contributed by atoms with Crippen molar-refractivity contribution in [3.63, 3.8) is 0 Å². The number of rotatable bonds is 19. The Hall–Kier alpha value is -3.99. The Kier molecular flexibility index (Phi) is 21.4. The first-order valence-electron chi connectivity index (χ1n) is 11.2. The van der Waals surface area contributed by atoms with Crippen LogP contribution in [0.25, 0.3) is 0 Å². The number of unbranched alkanes of at least 4 members (excludes halogenated alkanes) is 3. The van der Waals surface area contributed by atoms with Crippen LogP contribution in [-0.4, -0.2) is 74.6 Å². The molecule has 0 saturated heterocycles. The Morgan fingerprint density at radius 1 is 0.514 bits per heavy atom. The van der Waals surface area contributed by atoms with Crippen LogP contribution in [0.4, 0.5) is 0 Å². The van der Waals surface area contributed by atoms with Gasteiger partial charge in [0.05, 0.1) is 25.2 Å². The third kappa shape index (κ3) is 20.0. The molecule has 0 aliphatic heterocycles. The van der Waals surface area contributed by atoms with Crippen molar-refractivity contribution in [1.29, 1.82) is 0 Å². The maximum Gasteiger partial charge on any atom is 0.330 e. The van der Waals surface area contributed by atoms with E-state index in [-0.39, 0.29) is 31.8 Å². The quantitative estimate of drug-likeness (QED) is 0.114. The first-order chi connectivity index (χ1) is 17.6. The van der Waals surface area contributed by atoms with Gasteiger partial charge in [0, 0.05) is 30.4 Å². The van der Waals surface area contributed by atoms with Crippen LogP contribution in [0.15, 0.2) is 63.3 Å². The molecule has 11 nitrogen and oxygen atoms in total. The predicted octanol–water partition coefficient (Wildman–Crippen LogP) is 2.16. The highest BCUT2D eigenvalue weighted by molar-refractivity contribution is 5.82. The van der Waals surface area contributed by atoms with E-state index in [4.69, 9.17) is 23.7 Å². The van der Waals surface area contributed by atoms with Crippen LogP contribution in [-0.2, 0) is 47.7 Å². The Bertz CT molecular complexity index is 713. The lowest BCUT2D eigenvalue weighted by molar-refractivity contribution is -0.159. The molecule has 0 spiro atoms. The molecule has 1 N–H and O–H groups in total. The van der Waals surface area contributed by atoms with Crippen LogP contribution in [0, 0.1) is 5.41 Å². The lowest BCUT2D eigenvalue weighted by atomic mass is 9.92. The summed E-state index contributed by atoms with van der Waals surface area (Å²) in [5.74, 6) is -2.95. The Morgan fingerprint density at radius 3 is 1.03 bits per heavy atom. The summed E-state index contributed by atoms with van der Waals surface area (Å²) in [6.07, 6.45) is 8.62. The molecule has 0 unspecified atom stereocenters. The molecule has 0 fully saturated rings. The minimum absolute atomic E-state index is 0.330. The summed E-state index contributed by atoms with van der Waals surface area (Å²) in [6.45, 7) is 15.6. The van der Waals surface area contributed by atoms with Crippen molar-refractivity contribution in [1.82, 2.24) is 0 Å². The SMILES string of the molecule is C=CC(=O)OCC(CO)(COC(=O)C=C)COC(=O)C=C.C=CC(=O)OCCCCCCOC(=O)C=C. The number of carbonyl (C=O) groups excluding carboxylic acids is 5. The molecule has 0 bridgehead atoms. The van der Waals surface area contributed by atoms with Gasteiger partial charge in [0.1, 0.15) is 19.8 Å². The molecule has 0 rings (SSSR count). The fraction of sp³-hybridized carbons (Fsp3) is 0.423. The van der Waals surface area contributed by atoms with E-state index in [1.165, 1.54) is 0 Å². The van der Waals surface area contributed by atoms with E-state index < -0.39 is 29.9 Å². The molecule has 206 valence electrons. The van der Waals surface area contributed by atoms with Crippen molar-refractivity contribution in [2.24, 2.45) is 5.41 Å². The third-order valence-corrected chi connectivity index (χ3v) is 4.26. The number of carbonyl (C=O) groups is 5. The zero-order valence-electron chi connectivity index (χ0n) is 21.0. The van der Waals surface area contributed by atoms with Gasteiger partial charge in [0.15, 0.2) is 0 Å². The molecule has 0 aliphatic rings. The van der Waals surface area contributed by atoms with Crippen molar-refractivity contribution in [3.8, 4) is 0 Å². The second-order valence-corrected chi connectivity index (χ2v) is 7.25. The van der Waals surface area contributed by atoms with Gasteiger partial charge in [-0.25, -0.2) is 24.0 Å². The van der Waals surface area contributed by atoms with Crippen LogP contribution >= 0.6 is 0 Å². The molecular formula is C26H36O11. The summed E-state index contributed by atoms with van der Waals surface area (Å²) in [4.78, 5) is 54.6. The summed E-state index contributed by atoms with van der Waals surface area (Å²) in [7, 11) is 0. The van der Waals surface area contributed by atoms with Gasteiger partial charge in [-0.2, -0.15) is 0 Å². The van der Waals surface area contributed by atoms with E-state index in [0.717, 1.165) is 56.1 Å². The highest BCUT2D eigenvalue weighted by atomic mass is 16.6. The molecule has 0 aromatic heterocycles. The summed E-state index contributed by atoms with van der Waals surface area (Å²) in [5.41, 5.74) is -1.28. The molecule has 0 heterocycles. The zero-order chi connectivity index (χ0) is 28.5. The van der Waals surface area contributed by atoms with Gasteiger partial charge in [-0.15, -0.1) is 0 Å². The first kappa shape index (κ1) is 35.2. The van der Waals surface area contributed by atoms with Crippen molar-refractivity contribution in [2.45, 2.75) is 25.7 Å². The normalized spacial score (nSPS) is 9.76. The molecule has 0 amide bonds. The van der Waals surface area contributed by atoms with E-state index in [2.05, 4.69) is 32.9 Å². The summed E-state index contributed by atoms with van der Waals surface area (Å²) >= 11 is 0. The smallest absolute Gasteiger partial charge is 0.330 e. The maximum absolute atomic E-state index is 11.1. The average molecular weight is 525 g/mol. The zero-order valence-corrected chi connectivity index (χ0v) is 21.0. The van der Waals surface area contributed by atoms with Gasteiger partial charge in [-0.1, -0.05) is 32.9 Å². The number of ether oxygens (including phenoxy) is 5. The van der Waals surface area contributed by atoms with Crippen molar-refractivity contribution in [2.75, 3.05) is 39.6 Å². The Balaban J connectivity index is 0. The van der Waals surface area contributed by atoms with E-state index >= 15 is 0 Å². The van der Waals surface area contributed by atoms with Gasteiger partial charge in [-0.3, -0.25) is 0 Å². The van der Waals surface area contributed by atoms with Crippen molar-refractivity contribution >= 4 is 29.8 Å². The number of esters is 5. The first-order valence-corrected chi connectivity index (χ1v) is 11.2. The van der Waals surface area contributed by atoms with Gasteiger partial charge in [-0.05, 0) is 25.7 Å². The average Bonchev–Trinajstić information content (AvgIpc) is 2.93. The van der Waals surface area contributed by atoms with Crippen molar-refractivity contribution in [3.05, 3.63) is 63.3 Å². The highest BCUT2D eigenvalue weighted by Crippen LogP contribution is 2.19. The lowest BCUT2D eigenvalue weighted by Gasteiger charge is -2.29. The second kappa shape index (κ2) is 22.5. The van der Waals surface area contributed by atoms with Crippen LogP contribution in [0.3, 0.4) is 0 Å². The van der Waals surface area contributed by atoms with E-state index in [1.807, 2.05) is 0 Å². The second-order valence-electron chi connectivity index (χ2n) is 7.25. The van der Waals surface area contributed by atoms with Crippen LogP contribution in [0.2, 0.25) is 0 Å². The minimum Gasteiger partial charge on any atom is -0.463 e. The van der Waals surface area contributed by atoms with Gasteiger partial charge >= 0.3 is 29.8 Å². The van der Waals surface area contributed by atoms with E-state index in [1.54, 1.807) is 0 Å². The highest BCUT2D eigenvalue weighted by Gasteiger charge is 2.35. The predicted molar refractivity (Wildman–Crippen MR) is 134 cm³/mol. The van der Waals surface area contributed by atoms with Crippen LogP contribution in [0.1, 0.15) is 25.7 Å². The molecule has 0 aromatic carbocycles. The molecule has 0 aromatic rings. The molecule has 0 saturated carbocycles. The molecule has 11 heteroatoms. The molecule has 0 atom stereocenters. The lowest BCUT2D eigenvalue weighted by Crippen LogP contribution is -2.42. The Labute approximate surface area is 217 Å². The minimum atomic E-state index is -1.28. The number of hydrogen-bond donors (Lipinski definition) is 1. The molecule has 0 aliphatic carbocycles. The van der Waals surface area contributed by atoms with E-state index in [9.17, 15) is 29.1 Å². The monoisotopic (exact) mass is 524 g/mol. The number of aliphatic hydroxyl groups excluding tert-OH is 1. The third-order valence-electron chi connectivity index (χ3n) is 4.26. The molecule has 0 radical (unpaired) electrons. The standard InChI is InChI=1S/C14H18O7.C12H18O4/c1-4-11(16)19-8-14(7-15,9-20-12(17)5-2)10-21-13(18)6-3;1-3-11(13)15-9-7-5-6-8-10-16-12(14)4-2/h4-6,15H,1-3,7-10H2;3-4H,1-2,5-10H2. The molecular weight excluding hydrogens is 488 g/mol. The van der Waals surface area contributed by atoms with Crippen LogP contribution in [0.5, 0.6) is 0 Å². The summed E-state index contributed by atoms with van der Waals surface area (Å²) in [5, 5.41) is 9.48. The largest absolute Gasteiger partial charge is 0.463 e. The summed E-state index contributed by atoms with van der Waals surface area (Å²) in [6, 6.07) is 0.